The molecule has 0 aromatic heterocycles. The van der Waals surface area contributed by atoms with E-state index in [1.54, 1.807) is 4.90 Å². The van der Waals surface area contributed by atoms with Gasteiger partial charge < -0.3 is 20.1 Å². The molecule has 0 spiro atoms. The number of carbonyl (C=O) groups excluding carboxylic acids is 1. The molecule has 2 N–H and O–H groups in total. The lowest BCUT2D eigenvalue weighted by Gasteiger charge is -2.29. The fraction of sp³-hybridized carbons (Fsp3) is 0.500. The van der Waals surface area contributed by atoms with E-state index < -0.39 is 17.9 Å². The number of fused-ring (bicyclic) bond motifs is 1. The summed E-state index contributed by atoms with van der Waals surface area (Å²) in [5, 5.41) is 13.1. The summed E-state index contributed by atoms with van der Waals surface area (Å²) in [6, 6.07) is 15.4. The second kappa shape index (κ2) is 11.0. The summed E-state index contributed by atoms with van der Waals surface area (Å²) in [6.07, 6.45) is 5.23. The smallest absolute Gasteiger partial charge is 0.308 e. The van der Waals surface area contributed by atoms with Gasteiger partial charge in [0.05, 0.1) is 18.2 Å². The SMILES string of the molecule is CC(C)c1ccc(CN2C(=O)[C@@H](NC[C@@H](C(=O)O)C3CCCCC3)COc3ccccc32)cc1. The quantitative estimate of drug-likeness (QED) is 0.576. The highest BCUT2D eigenvalue weighted by atomic mass is 16.5. The maximum Gasteiger partial charge on any atom is 0.308 e. The van der Waals surface area contributed by atoms with Crippen molar-refractivity contribution in [2.45, 2.75) is 64.5 Å². The topological polar surface area (TPSA) is 78.9 Å². The second-order valence-electron chi connectivity index (χ2n) is 9.90. The van der Waals surface area contributed by atoms with Crippen LogP contribution in [0.4, 0.5) is 5.69 Å². The normalized spacial score (nSPS) is 19.9. The van der Waals surface area contributed by atoms with Gasteiger partial charge in [0.2, 0.25) is 5.91 Å². The van der Waals surface area contributed by atoms with Crippen molar-refractivity contribution in [3.05, 3.63) is 59.7 Å². The molecule has 1 aliphatic carbocycles. The summed E-state index contributed by atoms with van der Waals surface area (Å²) in [6.45, 7) is 5.20. The van der Waals surface area contributed by atoms with Gasteiger partial charge in [0.15, 0.2) is 0 Å². The van der Waals surface area contributed by atoms with Crippen molar-refractivity contribution < 1.29 is 19.4 Å². The summed E-state index contributed by atoms with van der Waals surface area (Å²) in [5.41, 5.74) is 3.04. The Morgan fingerprint density at radius 1 is 1.09 bits per heavy atom. The standard InChI is InChI=1S/C28H36N2O4/c1-19(2)21-14-12-20(13-15-21)17-30-25-10-6-7-11-26(25)34-18-24(27(30)31)29-16-23(28(32)33)22-8-4-3-5-9-22/h6-7,10-15,19,22-24,29H,3-5,8-9,16-18H2,1-2H3,(H,32,33)/t23-,24+/m1/s1. The summed E-state index contributed by atoms with van der Waals surface area (Å²) in [4.78, 5) is 27.5. The van der Waals surface area contributed by atoms with E-state index in [2.05, 4.69) is 43.4 Å². The number of anilines is 1. The number of ether oxygens (including phenoxy) is 1. The van der Waals surface area contributed by atoms with Crippen molar-refractivity contribution in [2.24, 2.45) is 11.8 Å². The molecule has 4 rings (SSSR count). The molecule has 182 valence electrons. The molecular weight excluding hydrogens is 428 g/mol. The number of nitrogens with one attached hydrogen (secondary N) is 1. The molecule has 1 amide bonds. The number of rotatable bonds is 8. The van der Waals surface area contributed by atoms with Crippen LogP contribution >= 0.6 is 0 Å². The second-order valence-corrected chi connectivity index (χ2v) is 9.90. The Morgan fingerprint density at radius 3 is 2.47 bits per heavy atom. The average molecular weight is 465 g/mol. The number of hydrogen-bond acceptors (Lipinski definition) is 4. The Kier molecular flexibility index (Phi) is 7.88. The monoisotopic (exact) mass is 464 g/mol. The largest absolute Gasteiger partial charge is 0.489 e. The Labute approximate surface area is 202 Å². The van der Waals surface area contributed by atoms with Crippen LogP contribution in [0.5, 0.6) is 5.75 Å². The van der Waals surface area contributed by atoms with Crippen LogP contribution in [-0.4, -0.2) is 36.2 Å². The Bertz CT molecular complexity index is 982. The average Bonchev–Trinajstić information content (AvgIpc) is 2.97. The molecule has 34 heavy (non-hydrogen) atoms. The molecule has 1 fully saturated rings. The predicted molar refractivity (Wildman–Crippen MR) is 133 cm³/mol. The summed E-state index contributed by atoms with van der Waals surface area (Å²) >= 11 is 0. The van der Waals surface area contributed by atoms with Gasteiger partial charge in [-0.2, -0.15) is 0 Å². The van der Waals surface area contributed by atoms with E-state index in [1.807, 2.05) is 24.3 Å². The van der Waals surface area contributed by atoms with Gasteiger partial charge in [-0.3, -0.25) is 9.59 Å². The van der Waals surface area contributed by atoms with E-state index in [1.165, 1.54) is 12.0 Å². The van der Waals surface area contributed by atoms with Crippen molar-refractivity contribution in [2.75, 3.05) is 18.1 Å². The molecule has 2 atom stereocenters. The maximum atomic E-state index is 13.7. The van der Waals surface area contributed by atoms with Gasteiger partial charge in [0, 0.05) is 6.54 Å². The molecule has 6 nitrogen and oxygen atoms in total. The molecule has 1 aliphatic heterocycles. The van der Waals surface area contributed by atoms with Gasteiger partial charge in [0.25, 0.3) is 0 Å². The van der Waals surface area contributed by atoms with Crippen molar-refractivity contribution in [1.82, 2.24) is 5.32 Å². The van der Waals surface area contributed by atoms with Crippen LogP contribution in [0.1, 0.15) is 63.0 Å². The van der Waals surface area contributed by atoms with Crippen molar-refractivity contribution in [3.8, 4) is 5.75 Å². The number of benzene rings is 2. The molecule has 0 unspecified atom stereocenters. The molecule has 0 bridgehead atoms. The van der Waals surface area contributed by atoms with Crippen LogP contribution in [-0.2, 0) is 16.1 Å². The van der Waals surface area contributed by atoms with Crippen molar-refractivity contribution in [1.29, 1.82) is 0 Å². The van der Waals surface area contributed by atoms with Crippen LogP contribution in [0, 0.1) is 11.8 Å². The third kappa shape index (κ3) is 5.61. The molecule has 0 radical (unpaired) electrons. The van der Waals surface area contributed by atoms with E-state index in [4.69, 9.17) is 4.74 Å². The molecule has 2 aromatic carbocycles. The Hall–Kier alpha value is -2.86. The van der Waals surface area contributed by atoms with Gasteiger partial charge in [-0.1, -0.05) is 69.5 Å². The molecule has 6 heteroatoms. The molecule has 2 aromatic rings. The molecule has 2 aliphatic rings. The van der Waals surface area contributed by atoms with Crippen LogP contribution in [0.15, 0.2) is 48.5 Å². The Balaban J connectivity index is 1.52. The lowest BCUT2D eigenvalue weighted by atomic mass is 9.80. The number of carboxylic acids is 1. The first-order valence-corrected chi connectivity index (χ1v) is 12.5. The lowest BCUT2D eigenvalue weighted by molar-refractivity contribution is -0.144. The highest BCUT2D eigenvalue weighted by Gasteiger charge is 2.34. The Morgan fingerprint density at radius 2 is 1.79 bits per heavy atom. The van der Waals surface area contributed by atoms with Crippen LogP contribution in [0.2, 0.25) is 0 Å². The van der Waals surface area contributed by atoms with E-state index in [0.29, 0.717) is 18.2 Å². The third-order valence-corrected chi connectivity index (χ3v) is 7.23. The zero-order valence-electron chi connectivity index (χ0n) is 20.2. The number of carboxylic acid groups (broad SMARTS) is 1. The fourth-order valence-corrected chi connectivity index (χ4v) is 5.11. The molecule has 1 heterocycles. The number of aliphatic carboxylic acids is 1. The highest BCUT2D eigenvalue weighted by molar-refractivity contribution is 5.99. The summed E-state index contributed by atoms with van der Waals surface area (Å²) in [5.74, 6) is -0.0922. The first-order chi connectivity index (χ1) is 16.4. The predicted octanol–water partition coefficient (Wildman–Crippen LogP) is 4.97. The summed E-state index contributed by atoms with van der Waals surface area (Å²) < 4.78 is 6.02. The number of amides is 1. The minimum absolute atomic E-state index is 0.0920. The van der Waals surface area contributed by atoms with Gasteiger partial charge in [-0.15, -0.1) is 0 Å². The van der Waals surface area contributed by atoms with Gasteiger partial charge >= 0.3 is 5.97 Å². The van der Waals surface area contributed by atoms with Crippen LogP contribution in [0.3, 0.4) is 0 Å². The molecule has 0 saturated heterocycles. The van der Waals surface area contributed by atoms with E-state index in [-0.39, 0.29) is 25.0 Å². The van der Waals surface area contributed by atoms with E-state index in [9.17, 15) is 14.7 Å². The summed E-state index contributed by atoms with van der Waals surface area (Å²) in [7, 11) is 0. The van der Waals surface area contributed by atoms with Crippen molar-refractivity contribution >= 4 is 17.6 Å². The number of nitrogens with zero attached hydrogens (tertiary/aromatic N) is 1. The molecular formula is C28H36N2O4. The number of carbonyl (C=O) groups is 2. The minimum atomic E-state index is -0.785. The number of hydrogen-bond donors (Lipinski definition) is 2. The van der Waals surface area contributed by atoms with Crippen molar-refractivity contribution in [3.63, 3.8) is 0 Å². The number of para-hydroxylation sites is 2. The maximum absolute atomic E-state index is 13.7. The van der Waals surface area contributed by atoms with E-state index >= 15 is 0 Å². The van der Waals surface area contributed by atoms with Gasteiger partial charge in [0.1, 0.15) is 18.4 Å². The first kappa shape index (κ1) is 24.3. The molecule has 1 saturated carbocycles. The fourth-order valence-electron chi connectivity index (χ4n) is 5.11. The zero-order valence-corrected chi connectivity index (χ0v) is 20.2. The zero-order chi connectivity index (χ0) is 24.1. The van der Waals surface area contributed by atoms with Gasteiger partial charge in [-0.25, -0.2) is 0 Å². The van der Waals surface area contributed by atoms with Gasteiger partial charge in [-0.05, 0) is 47.9 Å². The van der Waals surface area contributed by atoms with Crippen LogP contribution < -0.4 is 15.0 Å². The first-order valence-electron chi connectivity index (χ1n) is 12.5. The minimum Gasteiger partial charge on any atom is -0.489 e. The third-order valence-electron chi connectivity index (χ3n) is 7.23. The highest BCUT2D eigenvalue weighted by Crippen LogP contribution is 2.33. The lowest BCUT2D eigenvalue weighted by Crippen LogP contribution is -2.50. The van der Waals surface area contributed by atoms with E-state index in [0.717, 1.165) is 36.9 Å². The van der Waals surface area contributed by atoms with Crippen LogP contribution in [0.25, 0.3) is 0 Å².